The number of ether oxygens (including phenoxy) is 1. The quantitative estimate of drug-likeness (QED) is 0.470. The number of nitrogens with zero attached hydrogens (tertiary/aromatic N) is 1. The molecule has 0 saturated carbocycles. The first-order valence-electron chi connectivity index (χ1n) is 3.48. The van der Waals surface area contributed by atoms with Crippen LogP contribution in [-0.4, -0.2) is 18.4 Å². The van der Waals surface area contributed by atoms with Crippen LogP contribution < -0.4 is 10.6 Å². The number of aromatic hydroxyl groups is 1. The zero-order valence-electron chi connectivity index (χ0n) is 6.99. The van der Waals surface area contributed by atoms with Crippen LogP contribution in [0.5, 0.6) is 11.5 Å². The Morgan fingerprint density at radius 3 is 2.85 bits per heavy atom. The van der Waals surface area contributed by atoms with E-state index in [9.17, 15) is 5.11 Å². The first-order chi connectivity index (χ1) is 6.19. The van der Waals surface area contributed by atoms with E-state index >= 15 is 0 Å². The number of rotatable bonds is 2. The summed E-state index contributed by atoms with van der Waals surface area (Å²) < 4.78 is 5.66. The van der Waals surface area contributed by atoms with E-state index in [1.165, 1.54) is 19.4 Å². The van der Waals surface area contributed by atoms with Crippen molar-refractivity contribution < 1.29 is 9.84 Å². The van der Waals surface area contributed by atoms with Crippen molar-refractivity contribution in [2.75, 3.05) is 7.11 Å². The number of phenols is 1. The van der Waals surface area contributed by atoms with Crippen molar-refractivity contribution in [3.05, 3.63) is 22.2 Å². The molecule has 0 radical (unpaired) electrons. The first-order valence-corrected chi connectivity index (χ1v) is 4.28. The van der Waals surface area contributed by atoms with Gasteiger partial charge in [0.15, 0.2) is 11.5 Å². The van der Waals surface area contributed by atoms with Gasteiger partial charge in [-0.25, -0.2) is 0 Å². The Hall–Kier alpha value is -1.23. The zero-order valence-corrected chi connectivity index (χ0v) is 8.58. The maximum atomic E-state index is 9.39. The molecule has 0 amide bonds. The molecular weight excluding hydrogens is 236 g/mol. The van der Waals surface area contributed by atoms with Gasteiger partial charge in [-0.1, -0.05) is 0 Å². The maximum Gasteiger partial charge on any atom is 0.161 e. The fourth-order valence-electron chi connectivity index (χ4n) is 0.902. The lowest BCUT2D eigenvalue weighted by molar-refractivity contribution is 0.373. The summed E-state index contributed by atoms with van der Waals surface area (Å²) in [7, 11) is 1.48. The summed E-state index contributed by atoms with van der Waals surface area (Å²) in [5.74, 6) is 5.45. The predicted octanol–water partition coefficient (Wildman–Crippen LogP) is 1.46. The third kappa shape index (κ3) is 2.12. The molecule has 13 heavy (non-hydrogen) atoms. The van der Waals surface area contributed by atoms with Gasteiger partial charge in [0.1, 0.15) is 0 Å². The Balaban J connectivity index is 3.20. The van der Waals surface area contributed by atoms with Crippen molar-refractivity contribution in [1.29, 1.82) is 0 Å². The summed E-state index contributed by atoms with van der Waals surface area (Å²) in [6.45, 7) is 0. The summed E-state index contributed by atoms with van der Waals surface area (Å²) in [5.41, 5.74) is 0.695. The Morgan fingerprint density at radius 2 is 2.31 bits per heavy atom. The Bertz CT molecular complexity index is 339. The summed E-state index contributed by atoms with van der Waals surface area (Å²) in [6, 6.07) is 3.16. The summed E-state index contributed by atoms with van der Waals surface area (Å²) in [6.07, 6.45) is 1.43. The molecule has 1 aromatic rings. The monoisotopic (exact) mass is 244 g/mol. The van der Waals surface area contributed by atoms with Crippen LogP contribution in [-0.2, 0) is 0 Å². The van der Waals surface area contributed by atoms with E-state index in [1.54, 1.807) is 6.07 Å². The Kier molecular flexibility index (Phi) is 3.13. The highest BCUT2D eigenvalue weighted by Crippen LogP contribution is 2.31. The van der Waals surface area contributed by atoms with Crippen molar-refractivity contribution in [2.45, 2.75) is 0 Å². The fourth-order valence-corrected chi connectivity index (χ4v) is 1.33. The Morgan fingerprint density at radius 1 is 1.62 bits per heavy atom. The summed E-state index contributed by atoms with van der Waals surface area (Å²) in [5, 5.41) is 12.8. The topological polar surface area (TPSA) is 67.8 Å². The molecular formula is C8H9BrN2O2. The molecule has 0 aromatic heterocycles. The number of hydrazone groups is 1. The molecule has 0 bridgehead atoms. The minimum Gasteiger partial charge on any atom is -0.504 e. The highest BCUT2D eigenvalue weighted by molar-refractivity contribution is 9.10. The van der Waals surface area contributed by atoms with Gasteiger partial charge in [0, 0.05) is 10.0 Å². The fraction of sp³-hybridized carbons (Fsp3) is 0.125. The van der Waals surface area contributed by atoms with Crippen LogP contribution in [0.3, 0.4) is 0 Å². The number of hydrogen-bond donors (Lipinski definition) is 2. The van der Waals surface area contributed by atoms with Crippen molar-refractivity contribution >= 4 is 22.1 Å². The van der Waals surface area contributed by atoms with Crippen LogP contribution in [0.2, 0.25) is 0 Å². The molecule has 0 fully saturated rings. The van der Waals surface area contributed by atoms with Crippen molar-refractivity contribution in [1.82, 2.24) is 0 Å². The average molecular weight is 245 g/mol. The highest BCUT2D eigenvalue weighted by Gasteiger charge is 2.05. The molecule has 0 atom stereocenters. The largest absolute Gasteiger partial charge is 0.504 e. The third-order valence-corrected chi connectivity index (χ3v) is 2.20. The van der Waals surface area contributed by atoms with Crippen LogP contribution >= 0.6 is 15.9 Å². The molecule has 0 unspecified atom stereocenters. The molecule has 0 aliphatic carbocycles. The number of halogens is 1. The van der Waals surface area contributed by atoms with Crippen LogP contribution in [0.1, 0.15) is 5.56 Å². The van der Waals surface area contributed by atoms with E-state index in [0.717, 1.165) is 4.47 Å². The van der Waals surface area contributed by atoms with Gasteiger partial charge in [-0.15, -0.1) is 0 Å². The highest BCUT2D eigenvalue weighted by atomic mass is 79.9. The number of hydrogen-bond acceptors (Lipinski definition) is 4. The second-order valence-electron chi connectivity index (χ2n) is 2.32. The average Bonchev–Trinajstić information content (AvgIpc) is 2.11. The minimum atomic E-state index is 0.0561. The molecule has 0 heterocycles. The summed E-state index contributed by atoms with van der Waals surface area (Å²) in [4.78, 5) is 0. The van der Waals surface area contributed by atoms with Gasteiger partial charge in [-0.3, -0.25) is 0 Å². The van der Waals surface area contributed by atoms with Gasteiger partial charge in [-0.2, -0.15) is 5.10 Å². The van der Waals surface area contributed by atoms with Crippen LogP contribution in [0.4, 0.5) is 0 Å². The molecule has 0 aliphatic heterocycles. The molecule has 5 heteroatoms. The molecule has 70 valence electrons. The molecule has 0 spiro atoms. The van der Waals surface area contributed by atoms with Crippen LogP contribution in [0, 0.1) is 0 Å². The van der Waals surface area contributed by atoms with Crippen LogP contribution in [0.25, 0.3) is 0 Å². The van der Waals surface area contributed by atoms with Crippen LogP contribution in [0.15, 0.2) is 21.7 Å². The SMILES string of the molecule is COc1cc(Br)c(/C=N\N)cc1O. The van der Waals surface area contributed by atoms with Gasteiger partial charge in [0.2, 0.25) is 0 Å². The van der Waals surface area contributed by atoms with Crippen molar-refractivity contribution in [3.8, 4) is 11.5 Å². The van der Waals surface area contributed by atoms with Gasteiger partial charge >= 0.3 is 0 Å². The van der Waals surface area contributed by atoms with Gasteiger partial charge in [-0.05, 0) is 28.1 Å². The Labute approximate surface area is 84.1 Å². The van der Waals surface area contributed by atoms with E-state index in [1.807, 2.05) is 0 Å². The van der Waals surface area contributed by atoms with Gasteiger partial charge < -0.3 is 15.7 Å². The van der Waals surface area contributed by atoms with E-state index in [0.29, 0.717) is 11.3 Å². The van der Waals surface area contributed by atoms with Crippen molar-refractivity contribution in [3.63, 3.8) is 0 Å². The predicted molar refractivity (Wildman–Crippen MR) is 54.1 cm³/mol. The molecule has 1 rings (SSSR count). The second kappa shape index (κ2) is 4.13. The van der Waals surface area contributed by atoms with E-state index in [2.05, 4.69) is 21.0 Å². The molecule has 4 nitrogen and oxygen atoms in total. The minimum absolute atomic E-state index is 0.0561. The third-order valence-electron chi connectivity index (χ3n) is 1.51. The molecule has 3 N–H and O–H groups in total. The zero-order chi connectivity index (χ0) is 9.84. The first kappa shape index (κ1) is 9.85. The van der Waals surface area contributed by atoms with E-state index in [-0.39, 0.29) is 5.75 Å². The molecule has 0 aliphatic rings. The smallest absolute Gasteiger partial charge is 0.161 e. The number of phenolic OH excluding ortho intramolecular Hbond substituents is 1. The lowest BCUT2D eigenvalue weighted by Gasteiger charge is -2.05. The van der Waals surface area contributed by atoms with Crippen molar-refractivity contribution in [2.24, 2.45) is 10.9 Å². The number of benzene rings is 1. The standard InChI is InChI=1S/C8H9BrN2O2/c1-13-8-3-6(9)5(4-11-10)2-7(8)12/h2-4,12H,10H2,1H3/b11-4-. The molecule has 1 aromatic carbocycles. The van der Waals surface area contributed by atoms with Gasteiger partial charge in [0.25, 0.3) is 0 Å². The van der Waals surface area contributed by atoms with Gasteiger partial charge in [0.05, 0.1) is 13.3 Å². The normalized spacial score (nSPS) is 10.6. The summed E-state index contributed by atoms with van der Waals surface area (Å²) >= 11 is 3.29. The maximum absolute atomic E-state index is 9.39. The lowest BCUT2D eigenvalue weighted by atomic mass is 10.2. The molecule has 0 saturated heterocycles. The number of methoxy groups -OCH3 is 1. The number of nitrogens with two attached hydrogens (primary N) is 1. The van der Waals surface area contributed by atoms with E-state index in [4.69, 9.17) is 10.6 Å². The lowest BCUT2D eigenvalue weighted by Crippen LogP contribution is -1.90. The second-order valence-corrected chi connectivity index (χ2v) is 3.18. The van der Waals surface area contributed by atoms with E-state index < -0.39 is 0 Å².